The van der Waals surface area contributed by atoms with Gasteiger partial charge in [0.15, 0.2) is 0 Å². The second-order valence-corrected chi connectivity index (χ2v) is 14.1. The number of carboxylic acids is 1. The molecule has 16 nitrogen and oxygen atoms in total. The van der Waals surface area contributed by atoms with Crippen LogP contribution in [0, 0.1) is 0 Å². The van der Waals surface area contributed by atoms with E-state index in [4.69, 9.17) is 15.2 Å². The van der Waals surface area contributed by atoms with Crippen LogP contribution in [0.2, 0.25) is 0 Å². The van der Waals surface area contributed by atoms with Gasteiger partial charge < -0.3 is 46.5 Å². The van der Waals surface area contributed by atoms with Crippen molar-refractivity contribution in [2.75, 3.05) is 19.6 Å². The molecule has 1 aliphatic heterocycles. The molecule has 50 heavy (non-hydrogen) atoms. The van der Waals surface area contributed by atoms with E-state index in [1.165, 1.54) is 4.90 Å². The molecular formula is C34H52N6O10. The molecule has 1 aromatic carbocycles. The average molecular weight is 705 g/mol. The number of nitrogens with one attached hydrogen (secondary N) is 4. The number of rotatable bonds is 16. The van der Waals surface area contributed by atoms with Crippen LogP contribution in [0.15, 0.2) is 30.3 Å². The highest BCUT2D eigenvalue weighted by atomic mass is 16.6. The van der Waals surface area contributed by atoms with Gasteiger partial charge in [-0.2, -0.15) is 0 Å². The van der Waals surface area contributed by atoms with Gasteiger partial charge in [0.2, 0.25) is 23.6 Å². The van der Waals surface area contributed by atoms with Crippen molar-refractivity contribution in [3.63, 3.8) is 0 Å². The van der Waals surface area contributed by atoms with Gasteiger partial charge in [-0.15, -0.1) is 0 Å². The molecule has 0 saturated carbocycles. The Bertz CT molecular complexity index is 1360. The monoisotopic (exact) mass is 704 g/mol. The number of carboxylic acid groups (broad SMARTS) is 1. The lowest BCUT2D eigenvalue weighted by atomic mass is 10.0. The first-order valence-corrected chi connectivity index (χ1v) is 16.6. The van der Waals surface area contributed by atoms with Crippen LogP contribution in [-0.4, -0.2) is 107 Å². The van der Waals surface area contributed by atoms with Crippen LogP contribution in [0.4, 0.5) is 4.79 Å². The van der Waals surface area contributed by atoms with Crippen LogP contribution in [-0.2, 0) is 44.7 Å². The quantitative estimate of drug-likeness (QED) is 0.104. The van der Waals surface area contributed by atoms with Crippen LogP contribution in [0.25, 0.3) is 0 Å². The van der Waals surface area contributed by atoms with E-state index in [2.05, 4.69) is 21.3 Å². The third-order valence-corrected chi connectivity index (χ3v) is 7.28. The highest BCUT2D eigenvalue weighted by Crippen LogP contribution is 2.20. The second-order valence-electron chi connectivity index (χ2n) is 14.1. The van der Waals surface area contributed by atoms with Gasteiger partial charge in [0, 0.05) is 19.5 Å². The minimum Gasteiger partial charge on any atom is -0.480 e. The number of esters is 1. The number of hydrogen-bond donors (Lipinski definition) is 6. The fourth-order valence-electron chi connectivity index (χ4n) is 5.07. The molecule has 16 heteroatoms. The number of nitrogens with zero attached hydrogens (tertiary/aromatic N) is 1. The fraction of sp³-hybridized carbons (Fsp3) is 0.618. The summed E-state index contributed by atoms with van der Waals surface area (Å²) >= 11 is 0. The number of carbonyl (C=O) groups excluding carboxylic acids is 6. The van der Waals surface area contributed by atoms with E-state index in [0.29, 0.717) is 18.4 Å². The van der Waals surface area contributed by atoms with E-state index in [0.717, 1.165) is 0 Å². The Kier molecular flexibility index (Phi) is 15.6. The lowest BCUT2D eigenvalue weighted by molar-refractivity contribution is -0.157. The van der Waals surface area contributed by atoms with Crippen LogP contribution < -0.4 is 27.0 Å². The van der Waals surface area contributed by atoms with Crippen molar-refractivity contribution < 1.29 is 48.1 Å². The van der Waals surface area contributed by atoms with Crippen molar-refractivity contribution in [1.82, 2.24) is 26.2 Å². The second kappa shape index (κ2) is 18.9. The van der Waals surface area contributed by atoms with Gasteiger partial charge in [-0.3, -0.25) is 24.0 Å². The maximum Gasteiger partial charge on any atom is 0.407 e. The fourth-order valence-corrected chi connectivity index (χ4v) is 5.07. The highest BCUT2D eigenvalue weighted by molar-refractivity contribution is 5.96. The molecule has 0 spiro atoms. The molecule has 1 heterocycles. The third-order valence-electron chi connectivity index (χ3n) is 7.28. The molecule has 0 radical (unpaired) electrons. The van der Waals surface area contributed by atoms with Gasteiger partial charge in [-0.05, 0) is 72.8 Å². The lowest BCUT2D eigenvalue weighted by Crippen LogP contribution is -2.57. The van der Waals surface area contributed by atoms with Crippen LogP contribution in [0.1, 0.15) is 79.2 Å². The molecule has 278 valence electrons. The number of likely N-dealkylation sites (tertiary alicyclic amines) is 1. The summed E-state index contributed by atoms with van der Waals surface area (Å²) in [6, 6.07) is 3.99. The minimum absolute atomic E-state index is 0.0165. The molecule has 2 rings (SSSR count). The molecule has 0 aromatic heterocycles. The number of amides is 5. The zero-order chi connectivity index (χ0) is 37.6. The first kappa shape index (κ1) is 41.4. The molecule has 1 aliphatic rings. The van der Waals surface area contributed by atoms with Crippen molar-refractivity contribution in [3.8, 4) is 0 Å². The normalized spacial score (nSPS) is 16.3. The molecule has 4 atom stereocenters. The van der Waals surface area contributed by atoms with Gasteiger partial charge >= 0.3 is 18.0 Å². The topological polar surface area (TPSA) is 236 Å². The van der Waals surface area contributed by atoms with Crippen LogP contribution >= 0.6 is 0 Å². The number of carbonyl (C=O) groups is 7. The molecule has 0 unspecified atom stereocenters. The Morgan fingerprint density at radius 3 is 2.14 bits per heavy atom. The van der Waals surface area contributed by atoms with Gasteiger partial charge in [-0.25, -0.2) is 9.59 Å². The van der Waals surface area contributed by atoms with Crippen molar-refractivity contribution in [1.29, 1.82) is 0 Å². The molecule has 1 aromatic rings. The van der Waals surface area contributed by atoms with Crippen molar-refractivity contribution in [2.24, 2.45) is 5.73 Å². The van der Waals surface area contributed by atoms with Crippen molar-refractivity contribution >= 4 is 41.7 Å². The predicted molar refractivity (Wildman–Crippen MR) is 181 cm³/mol. The molecule has 1 saturated heterocycles. The zero-order valence-corrected chi connectivity index (χ0v) is 29.7. The summed E-state index contributed by atoms with van der Waals surface area (Å²) in [5.74, 6) is -4.94. The number of aliphatic carboxylic acids is 1. The summed E-state index contributed by atoms with van der Waals surface area (Å²) < 4.78 is 10.5. The van der Waals surface area contributed by atoms with Gasteiger partial charge in [0.25, 0.3) is 0 Å². The minimum atomic E-state index is -1.51. The van der Waals surface area contributed by atoms with Gasteiger partial charge in [-0.1, -0.05) is 30.3 Å². The maximum atomic E-state index is 13.7. The number of nitrogens with two attached hydrogens (primary N) is 1. The largest absolute Gasteiger partial charge is 0.480 e. The molecule has 7 N–H and O–H groups in total. The first-order chi connectivity index (χ1) is 23.3. The number of benzene rings is 1. The van der Waals surface area contributed by atoms with E-state index in [9.17, 15) is 38.7 Å². The molecular weight excluding hydrogens is 652 g/mol. The summed E-state index contributed by atoms with van der Waals surface area (Å²) in [4.78, 5) is 90.4. The summed E-state index contributed by atoms with van der Waals surface area (Å²) in [6.07, 6.45) is 0.0967. The average Bonchev–Trinajstić information content (AvgIpc) is 3.50. The Balaban J connectivity index is 2.10. The van der Waals surface area contributed by atoms with Crippen LogP contribution in [0.3, 0.4) is 0 Å². The Labute approximate surface area is 292 Å². The Morgan fingerprint density at radius 2 is 1.54 bits per heavy atom. The lowest BCUT2D eigenvalue weighted by Gasteiger charge is -2.29. The Morgan fingerprint density at radius 1 is 0.900 bits per heavy atom. The smallest absolute Gasteiger partial charge is 0.407 e. The maximum absolute atomic E-state index is 13.7. The summed E-state index contributed by atoms with van der Waals surface area (Å²) in [5.41, 5.74) is 5.06. The van der Waals surface area contributed by atoms with Crippen molar-refractivity contribution in [3.05, 3.63) is 35.9 Å². The van der Waals surface area contributed by atoms with E-state index in [-0.39, 0.29) is 32.4 Å². The molecule has 1 fully saturated rings. The molecule has 0 bridgehead atoms. The van der Waals surface area contributed by atoms with E-state index >= 15 is 0 Å². The van der Waals surface area contributed by atoms with E-state index in [1.807, 2.05) is 0 Å². The summed E-state index contributed by atoms with van der Waals surface area (Å²) in [6.45, 7) is 9.90. The first-order valence-electron chi connectivity index (χ1n) is 16.6. The number of hydrogen-bond acceptors (Lipinski definition) is 10. The van der Waals surface area contributed by atoms with Crippen molar-refractivity contribution in [2.45, 2.75) is 115 Å². The number of alkyl carbamates (subject to hydrolysis) is 1. The highest BCUT2D eigenvalue weighted by Gasteiger charge is 2.39. The standard InChI is InChI=1S/C34H52N6O10/c1-33(2,3)49-27(42)19-23(38-26(41)20-37-28(43)22(35)14-10-16-36-32(48)50-34(4,5)6)29(44)39-24(18-21-12-8-7-9-13-21)30(45)40-17-11-15-25(40)31(46)47/h7-9,12-13,22-25H,10-11,14-20,35H2,1-6H3,(H,36,48)(H,37,43)(H,38,41)(H,39,44)(H,46,47)/t22-,23-,24-,25-/m0/s1. The van der Waals surface area contributed by atoms with Gasteiger partial charge in [0.1, 0.15) is 29.3 Å². The SMILES string of the molecule is CC(C)(C)OC(=O)C[C@H](NC(=O)CNC(=O)[C@@H](N)CCCNC(=O)OC(C)(C)C)C(=O)N[C@@H](Cc1ccccc1)C(=O)N1CCC[C@H]1C(=O)O. The number of ether oxygens (including phenoxy) is 2. The van der Waals surface area contributed by atoms with Gasteiger partial charge in [0.05, 0.1) is 19.0 Å². The van der Waals surface area contributed by atoms with E-state index in [1.54, 1.807) is 71.9 Å². The molecule has 0 aliphatic carbocycles. The predicted octanol–water partition coefficient (Wildman–Crippen LogP) is 0.755. The van der Waals surface area contributed by atoms with E-state index < -0.39 is 90.0 Å². The Hall–Kier alpha value is -4.73. The van der Waals surface area contributed by atoms with Crippen LogP contribution in [0.5, 0.6) is 0 Å². The summed E-state index contributed by atoms with van der Waals surface area (Å²) in [5, 5.41) is 19.7. The summed E-state index contributed by atoms with van der Waals surface area (Å²) in [7, 11) is 0. The zero-order valence-electron chi connectivity index (χ0n) is 29.7. The third kappa shape index (κ3) is 15.2. The molecule has 5 amide bonds.